The minimum atomic E-state index is 0.0764. The molecule has 0 spiro atoms. The number of fused-ring (bicyclic) bond motifs is 3. The number of hydrogen-bond acceptors (Lipinski definition) is 2. The molecule has 0 unspecified atom stereocenters. The van der Waals surface area contributed by atoms with Crippen molar-refractivity contribution in [1.29, 1.82) is 0 Å². The van der Waals surface area contributed by atoms with E-state index in [-0.39, 0.29) is 5.56 Å². The summed E-state index contributed by atoms with van der Waals surface area (Å²) in [5.41, 5.74) is 3.67. The maximum Gasteiger partial charge on any atom is 0.254 e. The Kier molecular flexibility index (Phi) is 2.04. The Morgan fingerprint density at radius 1 is 0.933 bits per heavy atom. The molecule has 15 heavy (non-hydrogen) atoms. The molecule has 0 atom stereocenters. The first-order valence-corrected chi connectivity index (χ1v) is 5.76. The Balaban J connectivity index is 2.22. The summed E-state index contributed by atoms with van der Waals surface area (Å²) < 4.78 is 5.43. The van der Waals surface area contributed by atoms with E-state index in [0.29, 0.717) is 0 Å². The third-order valence-electron chi connectivity index (χ3n) is 3.46. The quantitative estimate of drug-likeness (QED) is 0.653. The third kappa shape index (κ3) is 1.37. The molecule has 3 rings (SSSR count). The highest BCUT2D eigenvalue weighted by Gasteiger charge is 2.23. The lowest BCUT2D eigenvalue weighted by atomic mass is 9.98. The van der Waals surface area contributed by atoms with E-state index >= 15 is 0 Å². The molecule has 0 amide bonds. The number of ether oxygens (including phenoxy) is 1. The summed E-state index contributed by atoms with van der Waals surface area (Å²) >= 11 is 0. The minimum absolute atomic E-state index is 0.0764. The van der Waals surface area contributed by atoms with E-state index in [1.807, 2.05) is 0 Å². The molecule has 1 aromatic heterocycles. The van der Waals surface area contributed by atoms with Crippen LogP contribution in [0, 0.1) is 0 Å². The van der Waals surface area contributed by atoms with Crippen LogP contribution >= 0.6 is 0 Å². The van der Waals surface area contributed by atoms with Gasteiger partial charge in [0.1, 0.15) is 0 Å². The average Bonchev–Trinajstić information content (AvgIpc) is 2.54. The molecule has 80 valence electrons. The number of hydrogen-bond donors (Lipinski definition) is 1. The van der Waals surface area contributed by atoms with Crippen LogP contribution in [-0.2, 0) is 19.3 Å². The molecule has 2 heterocycles. The molecule has 0 saturated carbocycles. The van der Waals surface area contributed by atoms with Crippen molar-refractivity contribution in [3.8, 4) is 5.88 Å². The van der Waals surface area contributed by atoms with Gasteiger partial charge in [-0.25, -0.2) is 0 Å². The lowest BCUT2D eigenvalue weighted by molar-refractivity contribution is 0.344. The second-order valence-electron chi connectivity index (χ2n) is 4.38. The summed E-state index contributed by atoms with van der Waals surface area (Å²) in [5.74, 6) is 0.737. The Hall–Kier alpha value is -1.25. The summed E-state index contributed by atoms with van der Waals surface area (Å²) in [5, 5.41) is 0. The van der Waals surface area contributed by atoms with Gasteiger partial charge in [-0.05, 0) is 31.2 Å². The molecular formula is C12H15NO2. The van der Waals surface area contributed by atoms with Crippen LogP contribution in [0.3, 0.4) is 0 Å². The van der Waals surface area contributed by atoms with Crippen molar-refractivity contribution in [3.05, 3.63) is 27.0 Å². The molecule has 3 heteroatoms. The monoisotopic (exact) mass is 205 g/mol. The Bertz CT molecular complexity index is 448. The van der Waals surface area contributed by atoms with Crippen molar-refractivity contribution in [2.75, 3.05) is 6.61 Å². The van der Waals surface area contributed by atoms with Gasteiger partial charge in [-0.2, -0.15) is 0 Å². The molecule has 0 radical (unpaired) electrons. The predicted molar refractivity (Wildman–Crippen MR) is 57.5 cm³/mol. The van der Waals surface area contributed by atoms with Gasteiger partial charge in [-0.15, -0.1) is 0 Å². The molecule has 0 saturated heterocycles. The number of pyridine rings is 1. The van der Waals surface area contributed by atoms with E-state index in [9.17, 15) is 4.79 Å². The number of nitrogens with one attached hydrogen (secondary N) is 1. The SMILES string of the molecule is O=c1[nH]c2c(c3c1CCCCC3)CCO2. The molecule has 1 aromatic rings. The maximum atomic E-state index is 11.8. The zero-order valence-electron chi connectivity index (χ0n) is 8.77. The Morgan fingerprint density at radius 2 is 1.73 bits per heavy atom. The van der Waals surface area contributed by atoms with Crippen LogP contribution in [0.5, 0.6) is 5.88 Å². The topological polar surface area (TPSA) is 42.1 Å². The fraction of sp³-hybridized carbons (Fsp3) is 0.583. The average molecular weight is 205 g/mol. The van der Waals surface area contributed by atoms with E-state index in [1.165, 1.54) is 24.0 Å². The fourth-order valence-electron chi connectivity index (χ4n) is 2.70. The van der Waals surface area contributed by atoms with Crippen LogP contribution in [0.25, 0.3) is 0 Å². The van der Waals surface area contributed by atoms with Crippen molar-refractivity contribution >= 4 is 0 Å². The van der Waals surface area contributed by atoms with Crippen molar-refractivity contribution in [1.82, 2.24) is 4.98 Å². The second-order valence-corrected chi connectivity index (χ2v) is 4.38. The molecule has 1 aliphatic carbocycles. The highest BCUT2D eigenvalue weighted by Crippen LogP contribution is 2.29. The molecule has 0 aromatic carbocycles. The molecule has 1 aliphatic heterocycles. The van der Waals surface area contributed by atoms with Gasteiger partial charge in [0, 0.05) is 17.5 Å². The van der Waals surface area contributed by atoms with E-state index in [1.54, 1.807) is 0 Å². The van der Waals surface area contributed by atoms with Gasteiger partial charge < -0.3 is 4.74 Å². The predicted octanol–water partition coefficient (Wildman–Crippen LogP) is 1.58. The maximum absolute atomic E-state index is 11.8. The van der Waals surface area contributed by atoms with Gasteiger partial charge in [0.2, 0.25) is 0 Å². The third-order valence-corrected chi connectivity index (χ3v) is 3.46. The van der Waals surface area contributed by atoms with Crippen LogP contribution < -0.4 is 10.3 Å². The van der Waals surface area contributed by atoms with Crippen molar-refractivity contribution in [2.24, 2.45) is 0 Å². The van der Waals surface area contributed by atoms with Crippen LogP contribution in [-0.4, -0.2) is 11.6 Å². The summed E-state index contributed by atoms with van der Waals surface area (Å²) in [7, 11) is 0. The molecule has 2 aliphatic rings. The van der Waals surface area contributed by atoms with Crippen LogP contribution in [0.4, 0.5) is 0 Å². The Labute approximate surface area is 88.5 Å². The van der Waals surface area contributed by atoms with Crippen LogP contribution in [0.2, 0.25) is 0 Å². The zero-order valence-corrected chi connectivity index (χ0v) is 8.77. The number of aromatic amines is 1. The number of rotatable bonds is 0. The number of aromatic nitrogens is 1. The van der Waals surface area contributed by atoms with Gasteiger partial charge in [-0.1, -0.05) is 6.42 Å². The van der Waals surface area contributed by atoms with E-state index in [2.05, 4.69) is 4.98 Å². The lowest BCUT2D eigenvalue weighted by Crippen LogP contribution is -2.16. The summed E-state index contributed by atoms with van der Waals surface area (Å²) in [6.45, 7) is 0.724. The molecule has 0 bridgehead atoms. The van der Waals surface area contributed by atoms with Crippen molar-refractivity contribution in [2.45, 2.75) is 38.5 Å². The molecule has 3 nitrogen and oxygen atoms in total. The van der Waals surface area contributed by atoms with E-state index in [0.717, 1.165) is 43.7 Å². The first kappa shape index (κ1) is 9.01. The minimum Gasteiger partial charge on any atom is -0.478 e. The second kappa shape index (κ2) is 3.40. The van der Waals surface area contributed by atoms with Crippen LogP contribution in [0.15, 0.2) is 4.79 Å². The highest BCUT2D eigenvalue weighted by atomic mass is 16.5. The van der Waals surface area contributed by atoms with Gasteiger partial charge in [0.25, 0.3) is 5.56 Å². The fourth-order valence-corrected chi connectivity index (χ4v) is 2.70. The Morgan fingerprint density at radius 3 is 2.60 bits per heavy atom. The van der Waals surface area contributed by atoms with Crippen LogP contribution in [0.1, 0.15) is 36.0 Å². The standard InChI is InChI=1S/C12H15NO2/c14-11-9-5-3-1-2-4-8(9)10-6-7-15-12(10)13-11/h1-7H2,(H,13,14). The van der Waals surface area contributed by atoms with Gasteiger partial charge in [0.15, 0.2) is 5.88 Å². The lowest BCUT2D eigenvalue weighted by Gasteiger charge is -2.08. The van der Waals surface area contributed by atoms with Gasteiger partial charge in [-0.3, -0.25) is 9.78 Å². The number of H-pyrrole nitrogens is 1. The molecule has 0 fully saturated rings. The zero-order chi connectivity index (χ0) is 10.3. The van der Waals surface area contributed by atoms with Gasteiger partial charge in [0.05, 0.1) is 6.61 Å². The summed E-state index contributed by atoms with van der Waals surface area (Å²) in [6.07, 6.45) is 6.57. The summed E-state index contributed by atoms with van der Waals surface area (Å²) in [4.78, 5) is 14.7. The molecule has 1 N–H and O–H groups in total. The van der Waals surface area contributed by atoms with Crippen molar-refractivity contribution in [3.63, 3.8) is 0 Å². The van der Waals surface area contributed by atoms with Gasteiger partial charge >= 0.3 is 0 Å². The largest absolute Gasteiger partial charge is 0.478 e. The first-order valence-electron chi connectivity index (χ1n) is 5.76. The summed E-state index contributed by atoms with van der Waals surface area (Å²) in [6, 6.07) is 0. The van der Waals surface area contributed by atoms with Crippen molar-refractivity contribution < 1.29 is 4.74 Å². The van der Waals surface area contributed by atoms with E-state index < -0.39 is 0 Å². The smallest absolute Gasteiger partial charge is 0.254 e. The molecular weight excluding hydrogens is 190 g/mol. The normalized spacial score (nSPS) is 18.9. The van der Waals surface area contributed by atoms with E-state index in [4.69, 9.17) is 4.74 Å². The first-order chi connectivity index (χ1) is 7.36. The highest BCUT2D eigenvalue weighted by molar-refractivity contribution is 5.42.